The summed E-state index contributed by atoms with van der Waals surface area (Å²) in [6, 6.07) is 18.0. The molecule has 0 atom stereocenters. The number of aromatic nitrogens is 1. The van der Waals surface area contributed by atoms with E-state index in [0.717, 1.165) is 38.6 Å². The van der Waals surface area contributed by atoms with Gasteiger partial charge in [0.15, 0.2) is 5.58 Å². The third-order valence-electron chi connectivity index (χ3n) is 4.34. The van der Waals surface area contributed by atoms with Crippen molar-refractivity contribution in [3.8, 4) is 0 Å². The van der Waals surface area contributed by atoms with E-state index < -0.39 is 0 Å². The molecule has 0 fully saturated rings. The van der Waals surface area contributed by atoms with Crippen LogP contribution in [-0.4, -0.2) is 11.1 Å². The van der Waals surface area contributed by atoms with E-state index in [1.54, 1.807) is 0 Å². The van der Waals surface area contributed by atoms with Gasteiger partial charge < -0.3 is 9.84 Å². The zero-order chi connectivity index (χ0) is 17.4. The number of benzene rings is 3. The SMILES string of the molecule is Cc1cc(C)c2onc(CC(=O)Nc3ccc4ccccc4c3)c2c1. The highest BCUT2D eigenvalue weighted by atomic mass is 16.5. The summed E-state index contributed by atoms with van der Waals surface area (Å²) < 4.78 is 5.41. The van der Waals surface area contributed by atoms with Gasteiger partial charge in [0, 0.05) is 11.1 Å². The first-order valence-electron chi connectivity index (χ1n) is 8.24. The first kappa shape index (κ1) is 15.4. The quantitative estimate of drug-likeness (QED) is 0.588. The smallest absolute Gasteiger partial charge is 0.230 e. The van der Waals surface area contributed by atoms with Crippen LogP contribution in [0.3, 0.4) is 0 Å². The lowest BCUT2D eigenvalue weighted by Crippen LogP contribution is -2.14. The highest BCUT2D eigenvalue weighted by Crippen LogP contribution is 2.24. The number of carbonyl (C=O) groups is 1. The summed E-state index contributed by atoms with van der Waals surface area (Å²) in [4.78, 5) is 12.4. The van der Waals surface area contributed by atoms with Crippen LogP contribution >= 0.6 is 0 Å². The molecule has 0 saturated carbocycles. The maximum Gasteiger partial charge on any atom is 0.230 e. The third-order valence-corrected chi connectivity index (χ3v) is 4.34. The second kappa shape index (κ2) is 6.06. The van der Waals surface area contributed by atoms with Gasteiger partial charge in [0.25, 0.3) is 0 Å². The van der Waals surface area contributed by atoms with Crippen molar-refractivity contribution >= 4 is 33.3 Å². The number of carbonyl (C=O) groups excluding carboxylic acids is 1. The van der Waals surface area contributed by atoms with Crippen LogP contribution in [0.4, 0.5) is 5.69 Å². The summed E-state index contributed by atoms with van der Waals surface area (Å²) in [5.74, 6) is -0.107. The van der Waals surface area contributed by atoms with Crippen LogP contribution in [0.5, 0.6) is 0 Å². The van der Waals surface area contributed by atoms with E-state index in [4.69, 9.17) is 4.52 Å². The van der Waals surface area contributed by atoms with Crippen LogP contribution in [0.15, 0.2) is 59.1 Å². The fourth-order valence-corrected chi connectivity index (χ4v) is 3.19. The minimum Gasteiger partial charge on any atom is -0.356 e. The first-order valence-corrected chi connectivity index (χ1v) is 8.24. The Labute approximate surface area is 145 Å². The number of fused-ring (bicyclic) bond motifs is 2. The lowest BCUT2D eigenvalue weighted by molar-refractivity contribution is -0.115. The largest absolute Gasteiger partial charge is 0.356 e. The minimum absolute atomic E-state index is 0.107. The molecular formula is C21H18N2O2. The molecule has 0 aliphatic rings. The van der Waals surface area contributed by atoms with Crippen LogP contribution < -0.4 is 5.32 Å². The van der Waals surface area contributed by atoms with Gasteiger partial charge in [-0.15, -0.1) is 0 Å². The molecule has 124 valence electrons. The molecule has 0 spiro atoms. The Balaban J connectivity index is 1.57. The number of anilines is 1. The molecule has 1 N–H and O–H groups in total. The maximum absolute atomic E-state index is 12.4. The zero-order valence-corrected chi connectivity index (χ0v) is 14.2. The number of aryl methyl sites for hydroxylation is 2. The van der Waals surface area contributed by atoms with Crippen LogP contribution in [0, 0.1) is 13.8 Å². The Morgan fingerprint density at radius 2 is 1.84 bits per heavy atom. The summed E-state index contributed by atoms with van der Waals surface area (Å²) in [6.45, 7) is 4.01. The van der Waals surface area contributed by atoms with Gasteiger partial charge in [-0.25, -0.2) is 0 Å². The summed E-state index contributed by atoms with van der Waals surface area (Å²) in [5, 5.41) is 10.2. The van der Waals surface area contributed by atoms with Crippen LogP contribution in [0.25, 0.3) is 21.7 Å². The van der Waals surface area contributed by atoms with Gasteiger partial charge in [0.05, 0.1) is 6.42 Å². The monoisotopic (exact) mass is 330 g/mol. The highest BCUT2D eigenvalue weighted by Gasteiger charge is 2.14. The molecular weight excluding hydrogens is 312 g/mol. The number of rotatable bonds is 3. The van der Waals surface area contributed by atoms with E-state index in [1.165, 1.54) is 0 Å². The number of amides is 1. The van der Waals surface area contributed by atoms with E-state index in [9.17, 15) is 4.79 Å². The lowest BCUT2D eigenvalue weighted by Gasteiger charge is -2.06. The molecule has 0 aliphatic heterocycles. The van der Waals surface area contributed by atoms with Crippen molar-refractivity contribution in [3.05, 3.63) is 71.4 Å². The summed E-state index contributed by atoms with van der Waals surface area (Å²) >= 11 is 0. The molecule has 25 heavy (non-hydrogen) atoms. The number of hydrogen-bond acceptors (Lipinski definition) is 3. The Morgan fingerprint density at radius 1 is 1.04 bits per heavy atom. The average molecular weight is 330 g/mol. The van der Waals surface area contributed by atoms with Gasteiger partial charge in [0.1, 0.15) is 5.69 Å². The van der Waals surface area contributed by atoms with Gasteiger partial charge in [0.2, 0.25) is 5.91 Å². The van der Waals surface area contributed by atoms with E-state index >= 15 is 0 Å². The second-order valence-electron chi connectivity index (χ2n) is 6.37. The fourth-order valence-electron chi connectivity index (χ4n) is 3.19. The molecule has 1 heterocycles. The second-order valence-corrected chi connectivity index (χ2v) is 6.37. The normalized spacial score (nSPS) is 11.1. The van der Waals surface area contributed by atoms with Gasteiger partial charge in [-0.1, -0.05) is 41.6 Å². The molecule has 1 amide bonds. The Kier molecular flexibility index (Phi) is 3.73. The lowest BCUT2D eigenvalue weighted by atomic mass is 10.1. The van der Waals surface area contributed by atoms with Crippen molar-refractivity contribution < 1.29 is 9.32 Å². The van der Waals surface area contributed by atoms with Gasteiger partial charge in [-0.05, 0) is 53.9 Å². The van der Waals surface area contributed by atoms with E-state index in [-0.39, 0.29) is 12.3 Å². The maximum atomic E-state index is 12.4. The molecule has 0 radical (unpaired) electrons. The fraction of sp³-hybridized carbons (Fsp3) is 0.143. The Hall–Kier alpha value is -3.14. The molecule has 0 saturated heterocycles. The van der Waals surface area contributed by atoms with Crippen LogP contribution in [0.1, 0.15) is 16.8 Å². The van der Waals surface area contributed by atoms with Gasteiger partial charge in [-0.2, -0.15) is 0 Å². The Bertz CT molecular complexity index is 1100. The summed E-state index contributed by atoms with van der Waals surface area (Å²) in [6.07, 6.45) is 0.183. The first-order chi connectivity index (χ1) is 12.1. The van der Waals surface area contributed by atoms with Crippen molar-refractivity contribution in [3.63, 3.8) is 0 Å². The standard InChI is InChI=1S/C21H18N2O2/c1-13-9-14(2)21-18(10-13)19(23-25-21)12-20(24)22-17-8-7-15-5-3-4-6-16(15)11-17/h3-11H,12H2,1-2H3,(H,22,24). The number of nitrogens with zero attached hydrogens (tertiary/aromatic N) is 1. The van der Waals surface area contributed by atoms with Crippen molar-refractivity contribution in [1.29, 1.82) is 0 Å². The minimum atomic E-state index is -0.107. The zero-order valence-electron chi connectivity index (χ0n) is 14.2. The van der Waals surface area contributed by atoms with Gasteiger partial charge in [-0.3, -0.25) is 4.79 Å². The van der Waals surface area contributed by atoms with Crippen molar-refractivity contribution in [2.45, 2.75) is 20.3 Å². The van der Waals surface area contributed by atoms with Crippen LogP contribution in [-0.2, 0) is 11.2 Å². The predicted octanol–water partition coefficient (Wildman–Crippen LogP) is 4.78. The molecule has 3 aromatic carbocycles. The Morgan fingerprint density at radius 3 is 2.68 bits per heavy atom. The molecule has 4 rings (SSSR count). The molecule has 1 aromatic heterocycles. The molecule has 4 heteroatoms. The van der Waals surface area contributed by atoms with Crippen molar-refractivity contribution in [2.75, 3.05) is 5.32 Å². The molecule has 4 aromatic rings. The topological polar surface area (TPSA) is 55.1 Å². The summed E-state index contributed by atoms with van der Waals surface area (Å²) in [7, 11) is 0. The van der Waals surface area contributed by atoms with E-state index in [0.29, 0.717) is 5.69 Å². The van der Waals surface area contributed by atoms with Crippen molar-refractivity contribution in [1.82, 2.24) is 5.16 Å². The molecule has 0 bridgehead atoms. The summed E-state index contributed by atoms with van der Waals surface area (Å²) in [5.41, 5.74) is 4.36. The number of hydrogen-bond donors (Lipinski definition) is 1. The number of nitrogens with one attached hydrogen (secondary N) is 1. The molecule has 0 aliphatic carbocycles. The van der Waals surface area contributed by atoms with Gasteiger partial charge >= 0.3 is 0 Å². The van der Waals surface area contributed by atoms with Crippen LogP contribution in [0.2, 0.25) is 0 Å². The van der Waals surface area contributed by atoms with E-state index in [2.05, 4.69) is 10.5 Å². The third kappa shape index (κ3) is 2.98. The molecule has 0 unspecified atom stereocenters. The predicted molar refractivity (Wildman–Crippen MR) is 99.8 cm³/mol. The van der Waals surface area contributed by atoms with E-state index in [1.807, 2.05) is 68.4 Å². The van der Waals surface area contributed by atoms with Crippen molar-refractivity contribution in [2.24, 2.45) is 0 Å². The highest BCUT2D eigenvalue weighted by molar-refractivity contribution is 5.97. The molecule has 4 nitrogen and oxygen atoms in total. The average Bonchev–Trinajstić information content (AvgIpc) is 2.97.